The van der Waals surface area contributed by atoms with E-state index in [9.17, 15) is 0 Å². The third-order valence-electron chi connectivity index (χ3n) is 9.08. The standard InChI is InChI=1S/C40H32N2/c1-26-16-19-29(20-17-26)42(28-10-5-4-6-11-28)30-21-23-33-32-22-18-27(24-36(32)40(2,3)37(33)25-30)31-13-9-14-35-34-12-7-8-15-38(34)41-39(31)35/h4-25,41H,1-3H3. The van der Waals surface area contributed by atoms with Gasteiger partial charge < -0.3 is 9.88 Å². The molecule has 0 unspecified atom stereocenters. The van der Waals surface area contributed by atoms with E-state index in [1.807, 2.05) is 0 Å². The second-order valence-electron chi connectivity index (χ2n) is 12.0. The minimum Gasteiger partial charge on any atom is -0.354 e. The van der Waals surface area contributed by atoms with Gasteiger partial charge in [0.2, 0.25) is 0 Å². The summed E-state index contributed by atoms with van der Waals surface area (Å²) in [6, 6.07) is 48.7. The summed E-state index contributed by atoms with van der Waals surface area (Å²) in [5.41, 5.74) is 14.9. The van der Waals surface area contributed by atoms with E-state index in [4.69, 9.17) is 0 Å². The number of anilines is 3. The van der Waals surface area contributed by atoms with Crippen LogP contribution in [-0.2, 0) is 5.41 Å². The predicted molar refractivity (Wildman–Crippen MR) is 178 cm³/mol. The van der Waals surface area contributed by atoms with Crippen LogP contribution in [0.25, 0.3) is 44.1 Å². The van der Waals surface area contributed by atoms with Gasteiger partial charge in [0.1, 0.15) is 0 Å². The molecule has 0 fully saturated rings. The van der Waals surface area contributed by atoms with E-state index in [2.05, 4.69) is 164 Å². The maximum absolute atomic E-state index is 3.70. The Labute approximate surface area is 246 Å². The number of aromatic amines is 1. The monoisotopic (exact) mass is 540 g/mol. The molecule has 1 aliphatic carbocycles. The minimum absolute atomic E-state index is 0.138. The molecule has 7 aromatic rings. The van der Waals surface area contributed by atoms with Gasteiger partial charge in [0.05, 0.1) is 5.52 Å². The molecule has 6 aromatic carbocycles. The number of hydrogen-bond acceptors (Lipinski definition) is 1. The molecule has 2 heteroatoms. The van der Waals surface area contributed by atoms with Crippen LogP contribution in [0.2, 0.25) is 0 Å². The van der Waals surface area contributed by atoms with Gasteiger partial charge >= 0.3 is 0 Å². The highest BCUT2D eigenvalue weighted by atomic mass is 15.1. The second-order valence-corrected chi connectivity index (χ2v) is 12.0. The van der Waals surface area contributed by atoms with Crippen molar-refractivity contribution in [3.8, 4) is 22.3 Å². The number of aryl methyl sites for hydroxylation is 1. The van der Waals surface area contributed by atoms with Crippen molar-refractivity contribution in [1.82, 2.24) is 4.98 Å². The lowest BCUT2D eigenvalue weighted by molar-refractivity contribution is 0.660. The van der Waals surface area contributed by atoms with Crippen LogP contribution in [-0.4, -0.2) is 4.98 Å². The Morgan fingerprint density at radius 1 is 0.524 bits per heavy atom. The molecule has 0 radical (unpaired) electrons. The molecule has 0 amide bonds. The van der Waals surface area contributed by atoms with E-state index in [1.165, 1.54) is 66.4 Å². The van der Waals surface area contributed by atoms with Crippen molar-refractivity contribution in [1.29, 1.82) is 0 Å². The maximum atomic E-state index is 3.70. The molecule has 0 atom stereocenters. The van der Waals surface area contributed by atoms with E-state index < -0.39 is 0 Å². The molecule has 202 valence electrons. The molecule has 1 aliphatic rings. The van der Waals surface area contributed by atoms with Gasteiger partial charge in [-0.25, -0.2) is 0 Å². The Bertz CT molecular complexity index is 2110. The van der Waals surface area contributed by atoms with Crippen LogP contribution >= 0.6 is 0 Å². The number of benzene rings is 6. The number of fused-ring (bicyclic) bond motifs is 6. The molecule has 2 nitrogen and oxygen atoms in total. The first-order valence-corrected chi connectivity index (χ1v) is 14.7. The predicted octanol–water partition coefficient (Wildman–Crippen LogP) is 11.1. The van der Waals surface area contributed by atoms with Gasteiger partial charge in [-0.3, -0.25) is 0 Å². The average molecular weight is 541 g/mol. The zero-order valence-electron chi connectivity index (χ0n) is 24.1. The fraction of sp³-hybridized carbons (Fsp3) is 0.100. The van der Waals surface area contributed by atoms with Gasteiger partial charge in [-0.2, -0.15) is 0 Å². The van der Waals surface area contributed by atoms with Gasteiger partial charge in [0.15, 0.2) is 0 Å². The van der Waals surface area contributed by atoms with E-state index >= 15 is 0 Å². The highest BCUT2D eigenvalue weighted by Crippen LogP contribution is 2.52. The van der Waals surface area contributed by atoms with Crippen LogP contribution in [0, 0.1) is 6.92 Å². The number of nitrogens with one attached hydrogen (secondary N) is 1. The summed E-state index contributed by atoms with van der Waals surface area (Å²) in [7, 11) is 0. The third kappa shape index (κ3) is 3.72. The Kier molecular flexibility index (Phi) is 5.42. The lowest BCUT2D eigenvalue weighted by Crippen LogP contribution is -2.16. The van der Waals surface area contributed by atoms with Crippen LogP contribution in [0.1, 0.15) is 30.5 Å². The van der Waals surface area contributed by atoms with E-state index in [0.717, 1.165) is 11.4 Å². The van der Waals surface area contributed by atoms with Crippen LogP contribution in [0.4, 0.5) is 17.1 Å². The van der Waals surface area contributed by atoms with Gasteiger partial charge in [-0.1, -0.05) is 104 Å². The molecule has 0 spiro atoms. The summed E-state index contributed by atoms with van der Waals surface area (Å²) in [6.45, 7) is 6.87. The Balaban J connectivity index is 1.25. The molecule has 42 heavy (non-hydrogen) atoms. The molecule has 0 aliphatic heterocycles. The largest absolute Gasteiger partial charge is 0.354 e. The van der Waals surface area contributed by atoms with Crippen molar-refractivity contribution in [3.05, 3.63) is 150 Å². The molecule has 0 bridgehead atoms. The number of nitrogens with zero attached hydrogens (tertiary/aromatic N) is 1. The molecule has 1 heterocycles. The highest BCUT2D eigenvalue weighted by molar-refractivity contribution is 6.12. The van der Waals surface area contributed by atoms with Gasteiger partial charge in [0.25, 0.3) is 0 Å². The lowest BCUT2D eigenvalue weighted by Gasteiger charge is -2.28. The molecule has 8 rings (SSSR count). The zero-order chi connectivity index (χ0) is 28.4. The van der Waals surface area contributed by atoms with E-state index in [-0.39, 0.29) is 5.41 Å². The summed E-state index contributed by atoms with van der Waals surface area (Å²) in [5, 5.41) is 2.54. The first-order valence-electron chi connectivity index (χ1n) is 14.7. The fourth-order valence-corrected chi connectivity index (χ4v) is 6.86. The topological polar surface area (TPSA) is 19.0 Å². The molecule has 0 saturated heterocycles. The normalized spacial score (nSPS) is 13.3. The maximum Gasteiger partial charge on any atom is 0.0544 e. The lowest BCUT2D eigenvalue weighted by atomic mass is 9.81. The fourth-order valence-electron chi connectivity index (χ4n) is 6.86. The number of aromatic nitrogens is 1. The number of para-hydroxylation sites is 3. The summed E-state index contributed by atoms with van der Waals surface area (Å²) in [6.07, 6.45) is 0. The third-order valence-corrected chi connectivity index (χ3v) is 9.08. The quantitative estimate of drug-likeness (QED) is 0.235. The Hall–Kier alpha value is -5.08. The molecular formula is C40H32N2. The van der Waals surface area contributed by atoms with E-state index in [0.29, 0.717) is 0 Å². The van der Waals surface area contributed by atoms with Crippen molar-refractivity contribution in [2.45, 2.75) is 26.2 Å². The SMILES string of the molecule is Cc1ccc(N(c2ccccc2)c2ccc3c(c2)C(C)(C)c2cc(-c4cccc5c4[nH]c4ccccc45)ccc2-3)cc1. The Morgan fingerprint density at radius 3 is 1.98 bits per heavy atom. The smallest absolute Gasteiger partial charge is 0.0544 e. The summed E-state index contributed by atoms with van der Waals surface area (Å²) in [4.78, 5) is 6.06. The summed E-state index contributed by atoms with van der Waals surface area (Å²) < 4.78 is 0. The van der Waals surface area contributed by atoms with Crippen molar-refractivity contribution in [3.63, 3.8) is 0 Å². The first kappa shape index (κ1) is 24.7. The van der Waals surface area contributed by atoms with Crippen LogP contribution in [0.3, 0.4) is 0 Å². The Morgan fingerprint density at radius 2 is 1.17 bits per heavy atom. The minimum atomic E-state index is -0.138. The van der Waals surface area contributed by atoms with Gasteiger partial charge in [-0.15, -0.1) is 0 Å². The van der Waals surface area contributed by atoms with Crippen molar-refractivity contribution in [2.75, 3.05) is 4.90 Å². The van der Waals surface area contributed by atoms with Crippen LogP contribution in [0.5, 0.6) is 0 Å². The molecule has 1 aromatic heterocycles. The summed E-state index contributed by atoms with van der Waals surface area (Å²) >= 11 is 0. The average Bonchev–Trinajstić information content (AvgIpc) is 3.51. The second kappa shape index (κ2) is 9.22. The van der Waals surface area contributed by atoms with E-state index in [1.54, 1.807) is 0 Å². The van der Waals surface area contributed by atoms with Crippen molar-refractivity contribution < 1.29 is 0 Å². The van der Waals surface area contributed by atoms with Crippen molar-refractivity contribution in [2.24, 2.45) is 0 Å². The molecule has 0 saturated carbocycles. The highest BCUT2D eigenvalue weighted by Gasteiger charge is 2.36. The zero-order valence-corrected chi connectivity index (χ0v) is 24.1. The van der Waals surface area contributed by atoms with Crippen LogP contribution < -0.4 is 4.90 Å². The number of H-pyrrole nitrogens is 1. The molecule has 1 N–H and O–H groups in total. The first-order chi connectivity index (χ1) is 20.5. The number of rotatable bonds is 4. The number of hydrogen-bond donors (Lipinski definition) is 1. The molecular weight excluding hydrogens is 508 g/mol. The van der Waals surface area contributed by atoms with Gasteiger partial charge in [-0.05, 0) is 83.3 Å². The van der Waals surface area contributed by atoms with Crippen molar-refractivity contribution >= 4 is 38.9 Å². The summed E-state index contributed by atoms with van der Waals surface area (Å²) in [5.74, 6) is 0. The van der Waals surface area contributed by atoms with Gasteiger partial charge in [0, 0.05) is 44.3 Å². The van der Waals surface area contributed by atoms with Crippen LogP contribution in [0.15, 0.2) is 133 Å².